The van der Waals surface area contributed by atoms with E-state index in [1.807, 2.05) is 0 Å². The van der Waals surface area contributed by atoms with E-state index in [9.17, 15) is 0 Å². The molecule has 3 rings (SSSR count). The van der Waals surface area contributed by atoms with Crippen molar-refractivity contribution >= 4 is 29.5 Å². The SMILES string of the molecule is CCNC(=NCC1(N2CCOCC2)CCSC1)N1CCSC(C)(C)C1. The van der Waals surface area contributed by atoms with Crippen LogP contribution in [0.4, 0.5) is 0 Å². The van der Waals surface area contributed by atoms with E-state index < -0.39 is 0 Å². The van der Waals surface area contributed by atoms with Crippen molar-refractivity contribution in [2.75, 3.05) is 69.7 Å². The molecule has 1 unspecified atom stereocenters. The summed E-state index contributed by atoms with van der Waals surface area (Å²) in [5.41, 5.74) is 0.231. The normalized spacial score (nSPS) is 31.3. The minimum atomic E-state index is 0.231. The van der Waals surface area contributed by atoms with Crippen molar-refractivity contribution in [1.29, 1.82) is 0 Å². The molecule has 3 aliphatic heterocycles. The fourth-order valence-electron chi connectivity index (χ4n) is 3.95. The average Bonchev–Trinajstić information content (AvgIpc) is 3.09. The lowest BCUT2D eigenvalue weighted by atomic mass is 9.96. The van der Waals surface area contributed by atoms with Crippen molar-refractivity contribution < 1.29 is 4.74 Å². The Balaban J connectivity index is 1.72. The first-order valence-corrected chi connectivity index (χ1v) is 11.8. The van der Waals surface area contributed by atoms with Crippen LogP contribution >= 0.6 is 23.5 Å². The van der Waals surface area contributed by atoms with Crippen LogP contribution in [0.2, 0.25) is 0 Å². The minimum absolute atomic E-state index is 0.231. The van der Waals surface area contributed by atoms with Gasteiger partial charge in [-0.3, -0.25) is 9.89 Å². The number of hydrogen-bond donors (Lipinski definition) is 1. The summed E-state index contributed by atoms with van der Waals surface area (Å²) in [7, 11) is 0. The number of morpholine rings is 1. The number of thioether (sulfide) groups is 2. The van der Waals surface area contributed by atoms with Crippen molar-refractivity contribution in [1.82, 2.24) is 15.1 Å². The Morgan fingerprint density at radius 3 is 2.64 bits per heavy atom. The van der Waals surface area contributed by atoms with Gasteiger partial charge in [0.05, 0.1) is 25.3 Å². The van der Waals surface area contributed by atoms with Crippen molar-refractivity contribution in [3.63, 3.8) is 0 Å². The molecule has 0 bridgehead atoms. The standard InChI is InChI=1S/C18H34N4OS2/c1-4-19-16(21-8-12-25-17(2,3)14-21)20-13-18(5-11-24-15-18)22-6-9-23-10-7-22/h4-15H2,1-3H3,(H,19,20). The third kappa shape index (κ3) is 4.99. The number of hydrogen-bond acceptors (Lipinski definition) is 5. The zero-order valence-electron chi connectivity index (χ0n) is 16.1. The minimum Gasteiger partial charge on any atom is -0.379 e. The molecule has 144 valence electrons. The molecule has 5 nitrogen and oxygen atoms in total. The smallest absolute Gasteiger partial charge is 0.194 e. The van der Waals surface area contributed by atoms with Crippen molar-refractivity contribution in [2.45, 2.75) is 37.5 Å². The molecular formula is C18H34N4OS2. The van der Waals surface area contributed by atoms with E-state index in [1.54, 1.807) is 0 Å². The van der Waals surface area contributed by atoms with E-state index in [-0.39, 0.29) is 5.54 Å². The van der Waals surface area contributed by atoms with E-state index >= 15 is 0 Å². The highest BCUT2D eigenvalue weighted by Crippen LogP contribution is 2.35. The number of nitrogens with one attached hydrogen (secondary N) is 1. The van der Waals surface area contributed by atoms with Gasteiger partial charge in [-0.15, -0.1) is 0 Å². The monoisotopic (exact) mass is 386 g/mol. The molecule has 3 saturated heterocycles. The molecule has 0 saturated carbocycles. The van der Waals surface area contributed by atoms with Crippen LogP contribution in [0.1, 0.15) is 27.2 Å². The summed E-state index contributed by atoms with van der Waals surface area (Å²) in [5, 5.41) is 3.55. The van der Waals surface area contributed by atoms with Gasteiger partial charge >= 0.3 is 0 Å². The van der Waals surface area contributed by atoms with Crippen LogP contribution in [0, 0.1) is 0 Å². The highest BCUT2D eigenvalue weighted by molar-refractivity contribution is 8.00. The van der Waals surface area contributed by atoms with Crippen molar-refractivity contribution in [3.05, 3.63) is 0 Å². The molecule has 0 aromatic carbocycles. The summed E-state index contributed by atoms with van der Waals surface area (Å²) in [6.07, 6.45) is 1.25. The summed E-state index contributed by atoms with van der Waals surface area (Å²) in [5.74, 6) is 4.76. The van der Waals surface area contributed by atoms with Gasteiger partial charge in [0, 0.05) is 49.0 Å². The molecule has 7 heteroatoms. The molecular weight excluding hydrogens is 352 g/mol. The molecule has 3 heterocycles. The van der Waals surface area contributed by atoms with Crippen LogP contribution in [-0.4, -0.2) is 95.8 Å². The van der Waals surface area contributed by atoms with E-state index in [1.165, 1.54) is 23.7 Å². The summed E-state index contributed by atoms with van der Waals surface area (Å²) < 4.78 is 5.88. The maximum absolute atomic E-state index is 5.58. The Morgan fingerprint density at radius 2 is 2.00 bits per heavy atom. The van der Waals surface area contributed by atoms with E-state index in [4.69, 9.17) is 9.73 Å². The molecule has 0 amide bonds. The molecule has 0 aliphatic carbocycles. The molecule has 25 heavy (non-hydrogen) atoms. The number of guanidine groups is 1. The van der Waals surface area contributed by atoms with Gasteiger partial charge in [-0.1, -0.05) is 0 Å². The zero-order chi connectivity index (χ0) is 17.8. The Labute approximate surface area is 161 Å². The maximum Gasteiger partial charge on any atom is 0.194 e. The first-order chi connectivity index (χ1) is 12.0. The molecule has 0 aromatic heterocycles. The Kier molecular flexibility index (Phi) is 6.85. The Bertz CT molecular complexity index is 460. The number of rotatable bonds is 4. The predicted octanol–water partition coefficient (Wildman–Crippen LogP) is 1.99. The molecule has 0 radical (unpaired) electrons. The van der Waals surface area contributed by atoms with Crippen LogP contribution in [-0.2, 0) is 4.74 Å². The quantitative estimate of drug-likeness (QED) is 0.589. The molecule has 1 atom stereocenters. The van der Waals surface area contributed by atoms with Crippen LogP contribution in [0.5, 0.6) is 0 Å². The van der Waals surface area contributed by atoms with Crippen LogP contribution in [0.25, 0.3) is 0 Å². The highest BCUT2D eigenvalue weighted by Gasteiger charge is 2.41. The van der Waals surface area contributed by atoms with Gasteiger partial charge < -0.3 is 15.0 Å². The zero-order valence-corrected chi connectivity index (χ0v) is 17.7. The van der Waals surface area contributed by atoms with Gasteiger partial charge in [0.1, 0.15) is 0 Å². The fourth-order valence-corrected chi connectivity index (χ4v) is 6.53. The van der Waals surface area contributed by atoms with Crippen molar-refractivity contribution in [2.24, 2.45) is 4.99 Å². The van der Waals surface area contributed by atoms with Gasteiger partial charge in [-0.25, -0.2) is 0 Å². The molecule has 3 aliphatic rings. The lowest BCUT2D eigenvalue weighted by Gasteiger charge is -2.43. The first-order valence-electron chi connectivity index (χ1n) is 9.62. The largest absolute Gasteiger partial charge is 0.379 e. The van der Waals surface area contributed by atoms with E-state index in [0.717, 1.165) is 58.4 Å². The molecule has 3 fully saturated rings. The average molecular weight is 387 g/mol. The number of aliphatic imine (C=N–C) groups is 1. The van der Waals surface area contributed by atoms with E-state index in [2.05, 4.69) is 59.4 Å². The van der Waals surface area contributed by atoms with Crippen LogP contribution in [0.15, 0.2) is 4.99 Å². The lowest BCUT2D eigenvalue weighted by Crippen LogP contribution is -2.56. The second kappa shape index (κ2) is 8.72. The topological polar surface area (TPSA) is 40.1 Å². The fraction of sp³-hybridized carbons (Fsp3) is 0.944. The first kappa shape index (κ1) is 19.6. The van der Waals surface area contributed by atoms with Gasteiger partial charge in [-0.2, -0.15) is 23.5 Å². The second-order valence-electron chi connectivity index (χ2n) is 7.83. The Hall–Kier alpha value is -0.110. The second-order valence-corrected chi connectivity index (χ2v) is 10.7. The lowest BCUT2D eigenvalue weighted by molar-refractivity contribution is -0.0105. The number of nitrogens with zero attached hydrogens (tertiary/aromatic N) is 3. The third-order valence-electron chi connectivity index (χ3n) is 5.35. The van der Waals surface area contributed by atoms with Gasteiger partial charge in [0.2, 0.25) is 0 Å². The van der Waals surface area contributed by atoms with Crippen LogP contribution in [0.3, 0.4) is 0 Å². The predicted molar refractivity (Wildman–Crippen MR) is 111 cm³/mol. The maximum atomic E-state index is 5.58. The summed E-state index contributed by atoms with van der Waals surface area (Å²) in [4.78, 5) is 10.3. The molecule has 1 N–H and O–H groups in total. The summed E-state index contributed by atoms with van der Waals surface area (Å²) in [6, 6.07) is 0. The summed E-state index contributed by atoms with van der Waals surface area (Å²) in [6.45, 7) is 14.7. The third-order valence-corrected chi connectivity index (χ3v) is 7.88. The molecule has 0 aromatic rings. The Morgan fingerprint density at radius 1 is 1.20 bits per heavy atom. The summed E-state index contributed by atoms with van der Waals surface area (Å²) >= 11 is 4.16. The van der Waals surface area contributed by atoms with Gasteiger partial charge in [-0.05, 0) is 32.9 Å². The number of ether oxygens (including phenoxy) is 1. The molecule has 0 spiro atoms. The van der Waals surface area contributed by atoms with Crippen molar-refractivity contribution in [3.8, 4) is 0 Å². The van der Waals surface area contributed by atoms with Gasteiger partial charge in [0.15, 0.2) is 5.96 Å². The van der Waals surface area contributed by atoms with Crippen LogP contribution < -0.4 is 5.32 Å². The highest BCUT2D eigenvalue weighted by atomic mass is 32.2. The van der Waals surface area contributed by atoms with E-state index in [0.29, 0.717) is 4.75 Å². The van der Waals surface area contributed by atoms with Gasteiger partial charge in [0.25, 0.3) is 0 Å².